The minimum atomic E-state index is -0.425. The molecule has 3 aromatic carbocycles. The Morgan fingerprint density at radius 1 is 0.826 bits per heavy atom. The molecule has 0 atom stereocenters. The maximum Gasteiger partial charge on any atom is 0.337 e. The standard InChI is InChI=1S/C19H15NO3/c1-23-19(22)15-8-6-14(7-9-15)18(21)20-17-11-10-13-4-2-3-5-16(13)12-17/h2-12H,1H3,(H,20,21). The van der Waals surface area contributed by atoms with Gasteiger partial charge in [0, 0.05) is 11.3 Å². The van der Waals surface area contributed by atoms with Gasteiger partial charge in [0.1, 0.15) is 0 Å². The van der Waals surface area contributed by atoms with Crippen molar-refractivity contribution >= 4 is 28.3 Å². The van der Waals surface area contributed by atoms with Crippen molar-refractivity contribution in [2.75, 3.05) is 12.4 Å². The summed E-state index contributed by atoms with van der Waals surface area (Å²) in [7, 11) is 1.32. The maximum absolute atomic E-state index is 12.3. The fraction of sp³-hybridized carbons (Fsp3) is 0.0526. The number of fused-ring (bicyclic) bond motifs is 1. The molecule has 0 heterocycles. The fourth-order valence-electron chi connectivity index (χ4n) is 2.35. The van der Waals surface area contributed by atoms with Crippen LogP contribution in [0, 0.1) is 0 Å². The average molecular weight is 305 g/mol. The molecule has 0 unspecified atom stereocenters. The van der Waals surface area contributed by atoms with Gasteiger partial charge in [-0.25, -0.2) is 4.79 Å². The highest BCUT2D eigenvalue weighted by atomic mass is 16.5. The van der Waals surface area contributed by atoms with Gasteiger partial charge in [-0.15, -0.1) is 0 Å². The number of hydrogen-bond donors (Lipinski definition) is 1. The molecule has 0 aliphatic heterocycles. The van der Waals surface area contributed by atoms with Crippen LogP contribution < -0.4 is 5.32 Å². The average Bonchev–Trinajstić information content (AvgIpc) is 2.61. The van der Waals surface area contributed by atoms with Crippen molar-refractivity contribution in [2.24, 2.45) is 0 Å². The van der Waals surface area contributed by atoms with Crippen LogP contribution in [0.2, 0.25) is 0 Å². The van der Waals surface area contributed by atoms with Gasteiger partial charge in [-0.1, -0.05) is 30.3 Å². The molecule has 4 nitrogen and oxygen atoms in total. The van der Waals surface area contributed by atoms with E-state index in [1.165, 1.54) is 7.11 Å². The molecule has 0 radical (unpaired) electrons. The maximum atomic E-state index is 12.3. The molecule has 0 bridgehead atoms. The van der Waals surface area contributed by atoms with Crippen LogP contribution in [0.25, 0.3) is 10.8 Å². The number of amides is 1. The molecule has 0 aromatic heterocycles. The second-order valence-corrected chi connectivity index (χ2v) is 5.08. The zero-order valence-electron chi connectivity index (χ0n) is 12.6. The summed E-state index contributed by atoms with van der Waals surface area (Å²) in [6, 6.07) is 20.0. The Kier molecular flexibility index (Phi) is 4.06. The van der Waals surface area contributed by atoms with Gasteiger partial charge in [0.15, 0.2) is 0 Å². The van der Waals surface area contributed by atoms with Gasteiger partial charge in [-0.2, -0.15) is 0 Å². The highest BCUT2D eigenvalue weighted by Gasteiger charge is 2.09. The topological polar surface area (TPSA) is 55.4 Å². The first kappa shape index (κ1) is 14.8. The summed E-state index contributed by atoms with van der Waals surface area (Å²) in [5.74, 6) is -0.650. The molecule has 0 saturated heterocycles. The second-order valence-electron chi connectivity index (χ2n) is 5.08. The van der Waals surface area contributed by atoms with Gasteiger partial charge in [-0.3, -0.25) is 4.79 Å². The van der Waals surface area contributed by atoms with Gasteiger partial charge in [0.25, 0.3) is 5.91 Å². The number of benzene rings is 3. The normalized spacial score (nSPS) is 10.3. The molecule has 4 heteroatoms. The largest absolute Gasteiger partial charge is 0.465 e. The number of carbonyl (C=O) groups is 2. The molecule has 3 rings (SSSR count). The number of esters is 1. The summed E-state index contributed by atoms with van der Waals surface area (Å²) < 4.78 is 4.63. The number of hydrogen-bond acceptors (Lipinski definition) is 3. The third-order valence-corrected chi connectivity index (χ3v) is 3.58. The van der Waals surface area contributed by atoms with E-state index < -0.39 is 5.97 Å². The minimum absolute atomic E-state index is 0.225. The van der Waals surface area contributed by atoms with Crippen LogP contribution in [0.4, 0.5) is 5.69 Å². The number of carbonyl (C=O) groups excluding carboxylic acids is 2. The summed E-state index contributed by atoms with van der Waals surface area (Å²) in [4.78, 5) is 23.7. The molecule has 114 valence electrons. The highest BCUT2D eigenvalue weighted by Crippen LogP contribution is 2.19. The Morgan fingerprint density at radius 2 is 1.48 bits per heavy atom. The molecule has 0 aliphatic rings. The van der Waals surface area contributed by atoms with Crippen molar-refractivity contribution < 1.29 is 14.3 Å². The quantitative estimate of drug-likeness (QED) is 0.747. The summed E-state index contributed by atoms with van der Waals surface area (Å²) in [6.45, 7) is 0. The summed E-state index contributed by atoms with van der Waals surface area (Å²) in [5, 5.41) is 5.04. The number of ether oxygens (including phenoxy) is 1. The van der Waals surface area contributed by atoms with Gasteiger partial charge < -0.3 is 10.1 Å². The molecule has 0 fully saturated rings. The van der Waals surface area contributed by atoms with Crippen LogP contribution in [0.1, 0.15) is 20.7 Å². The lowest BCUT2D eigenvalue weighted by Crippen LogP contribution is -2.12. The van der Waals surface area contributed by atoms with Crippen LogP contribution in [0.5, 0.6) is 0 Å². The Morgan fingerprint density at radius 3 is 2.17 bits per heavy atom. The predicted molar refractivity (Wildman–Crippen MR) is 89.7 cm³/mol. The van der Waals surface area contributed by atoms with Crippen molar-refractivity contribution in [3.63, 3.8) is 0 Å². The number of methoxy groups -OCH3 is 1. The van der Waals surface area contributed by atoms with Crippen LogP contribution in [-0.2, 0) is 4.74 Å². The van der Waals surface area contributed by atoms with E-state index in [1.54, 1.807) is 24.3 Å². The van der Waals surface area contributed by atoms with Crippen molar-refractivity contribution in [1.82, 2.24) is 0 Å². The van der Waals surface area contributed by atoms with E-state index in [1.807, 2.05) is 42.5 Å². The lowest BCUT2D eigenvalue weighted by atomic mass is 10.1. The van der Waals surface area contributed by atoms with Gasteiger partial charge in [0.05, 0.1) is 12.7 Å². The Balaban J connectivity index is 1.78. The van der Waals surface area contributed by atoms with Gasteiger partial charge in [-0.05, 0) is 47.2 Å². The molecule has 0 aliphatic carbocycles. The lowest BCUT2D eigenvalue weighted by Gasteiger charge is -2.07. The minimum Gasteiger partial charge on any atom is -0.465 e. The van der Waals surface area contributed by atoms with E-state index >= 15 is 0 Å². The molecule has 0 spiro atoms. The Labute approximate surface area is 133 Å². The third kappa shape index (κ3) is 3.21. The SMILES string of the molecule is COC(=O)c1ccc(C(=O)Nc2ccc3ccccc3c2)cc1. The van der Waals surface area contributed by atoms with E-state index in [0.29, 0.717) is 11.1 Å². The first-order valence-electron chi connectivity index (χ1n) is 7.16. The fourth-order valence-corrected chi connectivity index (χ4v) is 2.35. The van der Waals surface area contributed by atoms with E-state index in [9.17, 15) is 9.59 Å². The van der Waals surface area contributed by atoms with Crippen LogP contribution in [0.3, 0.4) is 0 Å². The van der Waals surface area contributed by atoms with E-state index in [2.05, 4.69) is 10.1 Å². The first-order chi connectivity index (χ1) is 11.2. The Hall–Kier alpha value is -3.14. The van der Waals surface area contributed by atoms with E-state index in [4.69, 9.17) is 0 Å². The van der Waals surface area contributed by atoms with Crippen molar-refractivity contribution in [2.45, 2.75) is 0 Å². The Bertz CT molecular complexity index is 869. The van der Waals surface area contributed by atoms with Gasteiger partial charge in [0.2, 0.25) is 0 Å². The van der Waals surface area contributed by atoms with Crippen LogP contribution in [-0.4, -0.2) is 19.0 Å². The summed E-state index contributed by atoms with van der Waals surface area (Å²) in [6.07, 6.45) is 0. The van der Waals surface area contributed by atoms with Gasteiger partial charge >= 0.3 is 5.97 Å². The van der Waals surface area contributed by atoms with Crippen molar-refractivity contribution in [3.05, 3.63) is 77.9 Å². The van der Waals surface area contributed by atoms with Crippen LogP contribution >= 0.6 is 0 Å². The van der Waals surface area contributed by atoms with E-state index in [-0.39, 0.29) is 5.91 Å². The monoisotopic (exact) mass is 305 g/mol. The molecule has 0 saturated carbocycles. The number of rotatable bonds is 3. The van der Waals surface area contributed by atoms with E-state index in [0.717, 1.165) is 16.5 Å². The molecule has 23 heavy (non-hydrogen) atoms. The predicted octanol–water partition coefficient (Wildman–Crippen LogP) is 3.88. The molecule has 1 N–H and O–H groups in total. The summed E-state index contributed by atoms with van der Waals surface area (Å²) in [5.41, 5.74) is 1.62. The molecular weight excluding hydrogens is 290 g/mol. The second kappa shape index (κ2) is 6.32. The highest BCUT2D eigenvalue weighted by molar-refractivity contribution is 6.05. The third-order valence-electron chi connectivity index (χ3n) is 3.58. The first-order valence-corrected chi connectivity index (χ1v) is 7.16. The molecule has 1 amide bonds. The zero-order valence-corrected chi connectivity index (χ0v) is 12.6. The lowest BCUT2D eigenvalue weighted by molar-refractivity contribution is 0.0600. The zero-order chi connectivity index (χ0) is 16.2. The molecule has 3 aromatic rings. The smallest absolute Gasteiger partial charge is 0.337 e. The van der Waals surface area contributed by atoms with Crippen molar-refractivity contribution in [3.8, 4) is 0 Å². The number of nitrogens with one attached hydrogen (secondary N) is 1. The summed E-state index contributed by atoms with van der Waals surface area (Å²) >= 11 is 0. The molecular formula is C19H15NO3. The van der Waals surface area contributed by atoms with Crippen LogP contribution in [0.15, 0.2) is 66.7 Å². The van der Waals surface area contributed by atoms with Crippen molar-refractivity contribution in [1.29, 1.82) is 0 Å². The number of anilines is 1.